The van der Waals surface area contributed by atoms with Crippen molar-refractivity contribution < 1.29 is 12.9 Å². The van der Waals surface area contributed by atoms with Crippen molar-refractivity contribution in [1.29, 1.82) is 0 Å². The van der Waals surface area contributed by atoms with Gasteiger partial charge in [0.25, 0.3) is 0 Å². The number of hydrogen-bond acceptors (Lipinski definition) is 6. The van der Waals surface area contributed by atoms with Crippen LogP contribution in [0.2, 0.25) is 0 Å². The summed E-state index contributed by atoms with van der Waals surface area (Å²) in [5.41, 5.74) is 0.430. The van der Waals surface area contributed by atoms with E-state index in [0.29, 0.717) is 23.6 Å². The molecule has 0 bridgehead atoms. The second-order valence-corrected chi connectivity index (χ2v) is 7.91. The molecule has 0 saturated carbocycles. The van der Waals surface area contributed by atoms with Gasteiger partial charge in [-0.3, -0.25) is 5.10 Å². The highest BCUT2D eigenvalue weighted by atomic mass is 32.2. The zero-order chi connectivity index (χ0) is 16.4. The summed E-state index contributed by atoms with van der Waals surface area (Å²) in [6, 6.07) is 1.57. The van der Waals surface area contributed by atoms with Gasteiger partial charge in [-0.05, 0) is 32.0 Å². The minimum atomic E-state index is -3.37. The Morgan fingerprint density at radius 1 is 1.43 bits per heavy atom. The molecule has 0 amide bonds. The standard InChI is InChI=1S/C13H19N5O3S2/c1-2-18-12(14-15-13(18)22)10-3-6-17(7-4-10)23(19,20)9-11-5-8-21-16-11/h5,8,10H,2-4,6-7,9H2,1H3,(H,15,22). The molecular weight excluding hydrogens is 338 g/mol. The number of nitrogens with one attached hydrogen (secondary N) is 1. The summed E-state index contributed by atoms with van der Waals surface area (Å²) in [7, 11) is -3.37. The first-order valence-corrected chi connectivity index (χ1v) is 9.55. The molecule has 0 aliphatic carbocycles. The number of sulfonamides is 1. The van der Waals surface area contributed by atoms with Crippen molar-refractivity contribution in [2.75, 3.05) is 13.1 Å². The van der Waals surface area contributed by atoms with E-state index in [1.54, 1.807) is 6.07 Å². The number of aromatic amines is 1. The summed E-state index contributed by atoms with van der Waals surface area (Å²) in [6.45, 7) is 3.74. The largest absolute Gasteiger partial charge is 0.364 e. The van der Waals surface area contributed by atoms with Crippen LogP contribution in [0.25, 0.3) is 0 Å². The van der Waals surface area contributed by atoms with Crippen LogP contribution in [0.4, 0.5) is 0 Å². The lowest BCUT2D eigenvalue weighted by molar-refractivity contribution is 0.308. The van der Waals surface area contributed by atoms with Crippen LogP contribution < -0.4 is 0 Å². The molecule has 10 heteroatoms. The van der Waals surface area contributed by atoms with Gasteiger partial charge in [-0.2, -0.15) is 5.10 Å². The first-order valence-electron chi connectivity index (χ1n) is 7.53. The molecule has 0 aromatic carbocycles. The van der Waals surface area contributed by atoms with Gasteiger partial charge >= 0.3 is 0 Å². The maximum atomic E-state index is 12.4. The maximum Gasteiger partial charge on any atom is 0.219 e. The van der Waals surface area contributed by atoms with Crippen LogP contribution in [0.1, 0.15) is 37.2 Å². The first kappa shape index (κ1) is 16.3. The van der Waals surface area contributed by atoms with Gasteiger partial charge in [-0.1, -0.05) is 5.16 Å². The summed E-state index contributed by atoms with van der Waals surface area (Å²) in [5, 5.41) is 10.8. The minimum Gasteiger partial charge on any atom is -0.364 e. The van der Waals surface area contributed by atoms with Crippen LogP contribution in [0.15, 0.2) is 16.9 Å². The first-order chi connectivity index (χ1) is 11.0. The lowest BCUT2D eigenvalue weighted by Crippen LogP contribution is -2.39. The van der Waals surface area contributed by atoms with Crippen molar-refractivity contribution in [2.45, 2.75) is 38.0 Å². The van der Waals surface area contributed by atoms with Gasteiger partial charge in [0.1, 0.15) is 17.8 Å². The molecule has 1 aliphatic rings. The summed E-state index contributed by atoms with van der Waals surface area (Å²) >= 11 is 5.21. The molecule has 8 nitrogen and oxygen atoms in total. The van der Waals surface area contributed by atoms with Gasteiger partial charge in [-0.15, -0.1) is 0 Å². The molecule has 1 N–H and O–H groups in total. The average Bonchev–Trinajstić information content (AvgIpc) is 3.16. The highest BCUT2D eigenvalue weighted by molar-refractivity contribution is 7.88. The number of nitrogens with zero attached hydrogens (tertiary/aromatic N) is 4. The molecule has 1 fully saturated rings. The Balaban J connectivity index is 1.67. The molecule has 3 heterocycles. The third-order valence-electron chi connectivity index (χ3n) is 4.14. The lowest BCUT2D eigenvalue weighted by Gasteiger charge is -2.30. The van der Waals surface area contributed by atoms with Crippen LogP contribution in [0, 0.1) is 4.77 Å². The predicted molar refractivity (Wildman–Crippen MR) is 85.8 cm³/mol. The molecule has 23 heavy (non-hydrogen) atoms. The second-order valence-electron chi connectivity index (χ2n) is 5.55. The van der Waals surface area contributed by atoms with Gasteiger partial charge in [0.15, 0.2) is 4.77 Å². The summed E-state index contributed by atoms with van der Waals surface area (Å²) < 4.78 is 33.7. The van der Waals surface area contributed by atoms with Gasteiger partial charge in [0.05, 0.1) is 5.69 Å². The number of H-pyrrole nitrogens is 1. The van der Waals surface area contributed by atoms with E-state index in [2.05, 4.69) is 15.4 Å². The van der Waals surface area contributed by atoms with E-state index < -0.39 is 10.0 Å². The van der Waals surface area contributed by atoms with E-state index in [0.717, 1.165) is 25.2 Å². The fraction of sp³-hybridized carbons (Fsp3) is 0.615. The average molecular weight is 357 g/mol. The van der Waals surface area contributed by atoms with Gasteiger partial charge in [0.2, 0.25) is 10.0 Å². The van der Waals surface area contributed by atoms with Crippen LogP contribution in [-0.4, -0.2) is 45.7 Å². The van der Waals surface area contributed by atoms with Crippen LogP contribution in [0.3, 0.4) is 0 Å². The predicted octanol–water partition coefficient (Wildman–Crippen LogP) is 1.66. The maximum absolute atomic E-state index is 12.4. The Kier molecular flexibility index (Phi) is 4.64. The summed E-state index contributed by atoms with van der Waals surface area (Å²) in [4.78, 5) is 0. The van der Waals surface area contributed by atoms with Crippen molar-refractivity contribution in [3.8, 4) is 0 Å². The molecule has 1 saturated heterocycles. The zero-order valence-electron chi connectivity index (χ0n) is 12.8. The minimum absolute atomic E-state index is 0.123. The highest BCUT2D eigenvalue weighted by Gasteiger charge is 2.31. The third-order valence-corrected chi connectivity index (χ3v) is 6.26. The van der Waals surface area contributed by atoms with Crippen LogP contribution >= 0.6 is 12.2 Å². The molecule has 2 aromatic rings. The van der Waals surface area contributed by atoms with Gasteiger partial charge in [0, 0.05) is 31.6 Å². The molecular formula is C13H19N5O3S2. The van der Waals surface area contributed by atoms with Crippen molar-refractivity contribution in [3.05, 3.63) is 28.6 Å². The Morgan fingerprint density at radius 3 is 2.78 bits per heavy atom. The van der Waals surface area contributed by atoms with Gasteiger partial charge in [-0.25, -0.2) is 12.7 Å². The number of aromatic nitrogens is 4. The monoisotopic (exact) mass is 357 g/mol. The highest BCUT2D eigenvalue weighted by Crippen LogP contribution is 2.28. The van der Waals surface area contributed by atoms with Crippen LogP contribution in [0.5, 0.6) is 0 Å². The van der Waals surface area contributed by atoms with E-state index in [1.807, 2.05) is 11.5 Å². The summed E-state index contributed by atoms with van der Waals surface area (Å²) in [5.74, 6) is 1.02. The molecule has 0 unspecified atom stereocenters. The van der Waals surface area contributed by atoms with Crippen molar-refractivity contribution >= 4 is 22.2 Å². The molecule has 126 valence electrons. The third kappa shape index (κ3) is 3.38. The van der Waals surface area contributed by atoms with Crippen LogP contribution in [-0.2, 0) is 22.3 Å². The van der Waals surface area contributed by atoms with Crippen molar-refractivity contribution in [3.63, 3.8) is 0 Å². The van der Waals surface area contributed by atoms with E-state index >= 15 is 0 Å². The van der Waals surface area contributed by atoms with E-state index in [-0.39, 0.29) is 11.7 Å². The molecule has 1 aliphatic heterocycles. The Hall–Kier alpha value is -1.52. The summed E-state index contributed by atoms with van der Waals surface area (Å²) in [6.07, 6.45) is 2.85. The zero-order valence-corrected chi connectivity index (χ0v) is 14.4. The second kappa shape index (κ2) is 6.54. The molecule has 2 aromatic heterocycles. The number of rotatable bonds is 5. The molecule has 0 spiro atoms. The Labute approximate surface area is 139 Å². The quantitative estimate of drug-likeness (QED) is 0.818. The topological polar surface area (TPSA) is 97.0 Å². The number of hydrogen-bond donors (Lipinski definition) is 1. The van der Waals surface area contributed by atoms with Gasteiger partial charge < -0.3 is 9.09 Å². The fourth-order valence-corrected chi connectivity index (χ4v) is 4.67. The van der Waals surface area contributed by atoms with E-state index in [1.165, 1.54) is 10.6 Å². The Morgan fingerprint density at radius 2 is 2.17 bits per heavy atom. The van der Waals surface area contributed by atoms with Crippen molar-refractivity contribution in [2.24, 2.45) is 0 Å². The fourth-order valence-electron chi connectivity index (χ4n) is 2.93. The van der Waals surface area contributed by atoms with E-state index in [9.17, 15) is 8.42 Å². The van der Waals surface area contributed by atoms with E-state index in [4.69, 9.17) is 16.7 Å². The Bertz CT molecular complexity index is 801. The molecule has 3 rings (SSSR count). The lowest BCUT2D eigenvalue weighted by atomic mass is 9.97. The number of piperidine rings is 1. The normalized spacial score (nSPS) is 17.6. The molecule has 0 atom stereocenters. The van der Waals surface area contributed by atoms with Crippen molar-refractivity contribution in [1.82, 2.24) is 24.2 Å². The molecule has 0 radical (unpaired) electrons. The SMILES string of the molecule is CCn1c(C2CCN(S(=O)(=O)Cc3ccon3)CC2)n[nH]c1=S. The smallest absolute Gasteiger partial charge is 0.219 e.